The Hall–Kier alpha value is -1.51. The first kappa shape index (κ1) is 20.5. The van der Waals surface area contributed by atoms with Crippen LogP contribution >= 0.6 is 24.0 Å². The number of nitrogens with two attached hydrogens (primary N) is 1. The third-order valence-electron chi connectivity index (χ3n) is 2.84. The van der Waals surface area contributed by atoms with Crippen molar-refractivity contribution < 1.29 is 9.53 Å². The molecule has 0 aromatic heterocycles. The van der Waals surface area contributed by atoms with E-state index in [1.54, 1.807) is 31.4 Å². The lowest BCUT2D eigenvalue weighted by molar-refractivity contribution is 0.0954. The largest absolute Gasteiger partial charge is 0.497 e. The number of ether oxygens (including phenoxy) is 1. The Balaban J connectivity index is 0.00000441. The van der Waals surface area contributed by atoms with E-state index in [1.165, 1.54) is 0 Å². The van der Waals surface area contributed by atoms with Crippen LogP contribution in [0.25, 0.3) is 0 Å². The highest BCUT2D eigenvalue weighted by molar-refractivity contribution is 14.0. The molecule has 4 N–H and O–H groups in total. The summed E-state index contributed by atoms with van der Waals surface area (Å²) < 4.78 is 5.08. The molecule has 1 aromatic rings. The SMILES string of the molecule is CCCCN=C(N)NCCNC(=O)c1cccc(OC)c1.I. The number of amides is 1. The third kappa shape index (κ3) is 8.06. The molecule has 0 atom stereocenters. The molecule has 7 heteroatoms. The average Bonchev–Trinajstić information content (AvgIpc) is 2.51. The van der Waals surface area contributed by atoms with Gasteiger partial charge in [0.05, 0.1) is 7.11 Å². The number of guanidine groups is 1. The number of halogens is 1. The van der Waals surface area contributed by atoms with Crippen LogP contribution in [0.4, 0.5) is 0 Å². The van der Waals surface area contributed by atoms with Gasteiger partial charge in [0.15, 0.2) is 5.96 Å². The summed E-state index contributed by atoms with van der Waals surface area (Å²) in [5.41, 5.74) is 6.26. The molecule has 0 aliphatic carbocycles. The lowest BCUT2D eigenvalue weighted by atomic mass is 10.2. The lowest BCUT2D eigenvalue weighted by Gasteiger charge is -2.08. The van der Waals surface area contributed by atoms with Crippen molar-refractivity contribution in [3.63, 3.8) is 0 Å². The van der Waals surface area contributed by atoms with Gasteiger partial charge < -0.3 is 21.1 Å². The number of carbonyl (C=O) groups excluding carboxylic acids is 1. The second-order valence-electron chi connectivity index (χ2n) is 4.54. The molecule has 0 fully saturated rings. The molecule has 22 heavy (non-hydrogen) atoms. The van der Waals surface area contributed by atoms with Gasteiger partial charge in [0.2, 0.25) is 0 Å². The molecule has 0 saturated carbocycles. The first-order valence-corrected chi connectivity index (χ1v) is 7.13. The van der Waals surface area contributed by atoms with Gasteiger partial charge in [-0.15, -0.1) is 24.0 Å². The molecular weight excluding hydrogens is 395 g/mol. The number of carbonyl (C=O) groups is 1. The number of hydrogen-bond acceptors (Lipinski definition) is 3. The van der Waals surface area contributed by atoms with E-state index in [0.29, 0.717) is 30.4 Å². The van der Waals surface area contributed by atoms with Crippen molar-refractivity contribution in [2.75, 3.05) is 26.7 Å². The molecule has 0 saturated heterocycles. The van der Waals surface area contributed by atoms with Crippen LogP contribution in [0.2, 0.25) is 0 Å². The van der Waals surface area contributed by atoms with Crippen LogP contribution in [0, 0.1) is 0 Å². The monoisotopic (exact) mass is 420 g/mol. The fraction of sp³-hybridized carbons (Fsp3) is 0.467. The number of benzene rings is 1. The maximum atomic E-state index is 11.9. The van der Waals surface area contributed by atoms with Crippen LogP contribution in [0.15, 0.2) is 29.3 Å². The van der Waals surface area contributed by atoms with Gasteiger partial charge in [-0.1, -0.05) is 19.4 Å². The molecule has 0 heterocycles. The van der Waals surface area contributed by atoms with Crippen LogP contribution in [0.1, 0.15) is 30.1 Å². The van der Waals surface area contributed by atoms with E-state index in [2.05, 4.69) is 22.5 Å². The standard InChI is InChI=1S/C15H24N4O2.HI/c1-3-4-8-18-15(16)19-10-9-17-14(20)12-6-5-7-13(11-12)21-2;/h5-7,11H,3-4,8-10H2,1-2H3,(H,17,20)(H3,16,18,19);1H. The normalized spacial score (nSPS) is 10.5. The van der Waals surface area contributed by atoms with Crippen LogP contribution in [0.5, 0.6) is 5.75 Å². The van der Waals surface area contributed by atoms with Gasteiger partial charge in [-0.2, -0.15) is 0 Å². The summed E-state index contributed by atoms with van der Waals surface area (Å²) in [4.78, 5) is 16.1. The summed E-state index contributed by atoms with van der Waals surface area (Å²) in [5, 5.41) is 5.76. The van der Waals surface area contributed by atoms with E-state index in [4.69, 9.17) is 10.5 Å². The average molecular weight is 420 g/mol. The van der Waals surface area contributed by atoms with Crippen molar-refractivity contribution in [1.29, 1.82) is 0 Å². The first-order chi connectivity index (χ1) is 10.2. The predicted octanol–water partition coefficient (Wildman–Crippen LogP) is 1.75. The highest BCUT2D eigenvalue weighted by atomic mass is 127. The number of methoxy groups -OCH3 is 1. The molecule has 0 aliphatic heterocycles. The molecule has 0 aliphatic rings. The number of hydrogen-bond donors (Lipinski definition) is 3. The van der Waals surface area contributed by atoms with Crippen molar-refractivity contribution in [3.05, 3.63) is 29.8 Å². The summed E-state index contributed by atoms with van der Waals surface area (Å²) in [6, 6.07) is 7.02. The van der Waals surface area contributed by atoms with Crippen molar-refractivity contribution in [1.82, 2.24) is 10.6 Å². The van der Waals surface area contributed by atoms with E-state index in [1.807, 2.05) is 0 Å². The Kier molecular flexibility index (Phi) is 11.2. The Morgan fingerprint density at radius 2 is 2.05 bits per heavy atom. The fourth-order valence-corrected chi connectivity index (χ4v) is 1.65. The molecule has 124 valence electrons. The van der Waals surface area contributed by atoms with Gasteiger partial charge in [-0.3, -0.25) is 9.79 Å². The van der Waals surface area contributed by atoms with Gasteiger partial charge in [-0.25, -0.2) is 0 Å². The number of rotatable bonds is 8. The first-order valence-electron chi connectivity index (χ1n) is 7.13. The maximum Gasteiger partial charge on any atom is 0.251 e. The van der Waals surface area contributed by atoms with Crippen molar-refractivity contribution in [3.8, 4) is 5.75 Å². The second kappa shape index (κ2) is 12.1. The van der Waals surface area contributed by atoms with Crippen LogP contribution in [-0.2, 0) is 0 Å². The van der Waals surface area contributed by atoms with Crippen molar-refractivity contribution >= 4 is 35.8 Å². The molecule has 0 unspecified atom stereocenters. The Morgan fingerprint density at radius 1 is 1.32 bits per heavy atom. The molecule has 1 rings (SSSR count). The zero-order valence-electron chi connectivity index (χ0n) is 13.1. The third-order valence-corrected chi connectivity index (χ3v) is 2.84. The fourth-order valence-electron chi connectivity index (χ4n) is 1.65. The molecule has 0 radical (unpaired) electrons. The summed E-state index contributed by atoms with van der Waals surface area (Å²) in [6.45, 7) is 3.84. The van der Waals surface area contributed by atoms with Crippen LogP contribution in [0.3, 0.4) is 0 Å². The Labute approximate surface area is 148 Å². The second-order valence-corrected chi connectivity index (χ2v) is 4.54. The van der Waals surface area contributed by atoms with E-state index in [0.717, 1.165) is 19.4 Å². The molecule has 1 amide bonds. The van der Waals surface area contributed by atoms with Crippen LogP contribution in [-0.4, -0.2) is 38.6 Å². The van der Waals surface area contributed by atoms with Crippen LogP contribution < -0.4 is 21.1 Å². The molecule has 0 bridgehead atoms. The smallest absolute Gasteiger partial charge is 0.251 e. The summed E-state index contributed by atoms with van der Waals surface area (Å²) >= 11 is 0. The Morgan fingerprint density at radius 3 is 2.73 bits per heavy atom. The molecule has 1 aromatic carbocycles. The number of nitrogens with zero attached hydrogens (tertiary/aromatic N) is 1. The Bertz CT molecular complexity index is 480. The van der Waals surface area contributed by atoms with E-state index >= 15 is 0 Å². The summed E-state index contributed by atoms with van der Waals surface area (Å²) in [7, 11) is 1.57. The molecule has 0 spiro atoms. The zero-order chi connectivity index (χ0) is 15.5. The van der Waals surface area contributed by atoms with Crippen molar-refractivity contribution in [2.45, 2.75) is 19.8 Å². The number of aliphatic imine (C=N–C) groups is 1. The van der Waals surface area contributed by atoms with E-state index in [-0.39, 0.29) is 29.9 Å². The minimum atomic E-state index is -0.141. The van der Waals surface area contributed by atoms with Gasteiger partial charge >= 0.3 is 0 Å². The molecular formula is C15H25IN4O2. The van der Waals surface area contributed by atoms with Crippen molar-refractivity contribution in [2.24, 2.45) is 10.7 Å². The minimum absolute atomic E-state index is 0. The highest BCUT2D eigenvalue weighted by Crippen LogP contribution is 2.11. The zero-order valence-corrected chi connectivity index (χ0v) is 15.4. The highest BCUT2D eigenvalue weighted by Gasteiger charge is 2.05. The lowest BCUT2D eigenvalue weighted by Crippen LogP contribution is -2.38. The topological polar surface area (TPSA) is 88.7 Å². The predicted molar refractivity (Wildman–Crippen MR) is 100 cm³/mol. The van der Waals surface area contributed by atoms with Gasteiger partial charge in [-0.05, 0) is 24.6 Å². The quantitative estimate of drug-likeness (QED) is 0.259. The maximum absolute atomic E-state index is 11.9. The number of nitrogens with one attached hydrogen (secondary N) is 2. The molecule has 6 nitrogen and oxygen atoms in total. The van der Waals surface area contributed by atoms with Gasteiger partial charge in [0.1, 0.15) is 5.75 Å². The van der Waals surface area contributed by atoms with Gasteiger partial charge in [0.25, 0.3) is 5.91 Å². The summed E-state index contributed by atoms with van der Waals surface area (Å²) in [5.74, 6) is 0.935. The summed E-state index contributed by atoms with van der Waals surface area (Å²) in [6.07, 6.45) is 2.11. The van der Waals surface area contributed by atoms with E-state index in [9.17, 15) is 4.79 Å². The number of unbranched alkanes of at least 4 members (excludes halogenated alkanes) is 1. The minimum Gasteiger partial charge on any atom is -0.497 e. The van der Waals surface area contributed by atoms with E-state index < -0.39 is 0 Å². The van der Waals surface area contributed by atoms with Gasteiger partial charge in [0, 0.05) is 25.2 Å².